The molecule has 0 radical (unpaired) electrons. The van der Waals surface area contributed by atoms with Gasteiger partial charge in [-0.15, -0.1) is 0 Å². The number of benzene rings is 1. The number of aromatic nitrogens is 2. The molecule has 0 amide bonds. The zero-order valence-electron chi connectivity index (χ0n) is 12.8. The summed E-state index contributed by atoms with van der Waals surface area (Å²) in [6, 6.07) is 7.08. The molecule has 7 heteroatoms. The van der Waals surface area contributed by atoms with Crippen molar-refractivity contribution in [3.63, 3.8) is 0 Å². The third kappa shape index (κ3) is 4.00. The fourth-order valence-corrected chi connectivity index (χ4v) is 2.26. The van der Waals surface area contributed by atoms with Crippen LogP contribution in [-0.2, 0) is 11.2 Å². The fraction of sp³-hybridized carbons (Fsp3) is 0.312. The van der Waals surface area contributed by atoms with Crippen molar-refractivity contribution in [1.29, 1.82) is 0 Å². The van der Waals surface area contributed by atoms with Crippen molar-refractivity contribution in [2.24, 2.45) is 0 Å². The lowest BCUT2D eigenvalue weighted by atomic mass is 10.0. The number of methoxy groups -OCH3 is 1. The molecule has 5 nitrogen and oxygen atoms in total. The van der Waals surface area contributed by atoms with Crippen LogP contribution in [0.3, 0.4) is 0 Å². The number of carbonyl (C=O) groups excluding carboxylic acids is 2. The smallest absolute Gasteiger partial charge is 0.333 e. The number of nitrogens with zero attached hydrogens (tertiary/aromatic N) is 2. The van der Waals surface area contributed by atoms with Crippen LogP contribution < -0.4 is 4.74 Å². The van der Waals surface area contributed by atoms with Crippen molar-refractivity contribution >= 4 is 11.6 Å². The van der Waals surface area contributed by atoms with Crippen molar-refractivity contribution in [2.45, 2.75) is 26.3 Å². The molecule has 0 saturated carbocycles. The molecule has 23 heavy (non-hydrogen) atoms. The topological polar surface area (TPSA) is 61.2 Å². The first-order valence-corrected chi connectivity index (χ1v) is 6.93. The lowest BCUT2D eigenvalue weighted by molar-refractivity contribution is -0.116. The molecule has 0 aliphatic heterocycles. The summed E-state index contributed by atoms with van der Waals surface area (Å²) in [5.74, 6) is -0.325. The zero-order valence-corrected chi connectivity index (χ0v) is 12.8. The predicted molar refractivity (Wildman–Crippen MR) is 78.9 cm³/mol. The van der Waals surface area contributed by atoms with Gasteiger partial charge in [0.25, 0.3) is 0 Å². The predicted octanol–water partition coefficient (Wildman–Crippen LogP) is 3.04. The van der Waals surface area contributed by atoms with Gasteiger partial charge in [-0.3, -0.25) is 9.59 Å². The molecule has 0 saturated heterocycles. The Labute approximate surface area is 131 Å². The summed E-state index contributed by atoms with van der Waals surface area (Å²) in [6.45, 7) is -1.59. The third-order valence-corrected chi connectivity index (χ3v) is 3.25. The highest BCUT2D eigenvalue weighted by Gasteiger charge is 2.21. The molecular weight excluding hydrogens is 306 g/mol. The monoisotopic (exact) mass is 322 g/mol. The van der Waals surface area contributed by atoms with Crippen LogP contribution in [0.2, 0.25) is 0 Å². The Morgan fingerprint density at radius 1 is 1.26 bits per heavy atom. The standard InChI is InChI=1S/C16H16F2N2O3/c1-10(21)7-13(22)15-12(9-20(19-15)16(17)18)8-11-5-3-4-6-14(11)23-2/h3-6,9,16H,7-8H2,1-2H3. The average molecular weight is 322 g/mol. The average Bonchev–Trinajstić information content (AvgIpc) is 2.91. The minimum atomic E-state index is -2.86. The van der Waals surface area contributed by atoms with E-state index in [0.717, 1.165) is 11.8 Å². The maximum atomic E-state index is 12.9. The van der Waals surface area contributed by atoms with Gasteiger partial charge in [-0.1, -0.05) is 18.2 Å². The van der Waals surface area contributed by atoms with E-state index in [1.165, 1.54) is 14.0 Å². The molecule has 1 aromatic carbocycles. The number of hydrogen-bond acceptors (Lipinski definition) is 4. The molecule has 0 aliphatic carbocycles. The van der Waals surface area contributed by atoms with E-state index in [9.17, 15) is 18.4 Å². The number of ketones is 2. The van der Waals surface area contributed by atoms with E-state index in [1.54, 1.807) is 24.3 Å². The summed E-state index contributed by atoms with van der Waals surface area (Å²) < 4.78 is 31.4. The molecule has 1 heterocycles. The molecule has 0 N–H and O–H groups in total. The molecule has 1 aromatic heterocycles. The van der Waals surface area contributed by atoms with Gasteiger partial charge in [0.1, 0.15) is 17.2 Å². The SMILES string of the molecule is COc1ccccc1Cc1cn(C(F)F)nc1C(=O)CC(C)=O. The molecule has 2 rings (SSSR count). The molecule has 0 aliphatic rings. The molecule has 0 bridgehead atoms. The first-order valence-electron chi connectivity index (χ1n) is 6.93. The lowest BCUT2D eigenvalue weighted by Crippen LogP contribution is -2.09. The lowest BCUT2D eigenvalue weighted by Gasteiger charge is -2.07. The van der Waals surface area contributed by atoms with Gasteiger partial charge in [0.15, 0.2) is 5.78 Å². The number of halogens is 2. The number of para-hydroxylation sites is 1. The Bertz CT molecular complexity index is 726. The maximum absolute atomic E-state index is 12.9. The number of Topliss-reactive ketones (excluding diaryl/α,β-unsaturated/α-hetero) is 2. The highest BCUT2D eigenvalue weighted by molar-refractivity contribution is 6.07. The van der Waals surface area contributed by atoms with Crippen LogP contribution in [0.5, 0.6) is 5.75 Å². The third-order valence-electron chi connectivity index (χ3n) is 3.25. The molecule has 0 spiro atoms. The maximum Gasteiger partial charge on any atom is 0.333 e. The summed E-state index contributed by atoms with van der Waals surface area (Å²) in [6.07, 6.45) is 0.972. The number of ether oxygens (including phenoxy) is 1. The second-order valence-corrected chi connectivity index (χ2v) is 5.05. The van der Waals surface area contributed by atoms with Gasteiger partial charge in [0, 0.05) is 18.2 Å². The minimum Gasteiger partial charge on any atom is -0.496 e. The van der Waals surface area contributed by atoms with Gasteiger partial charge >= 0.3 is 6.55 Å². The van der Waals surface area contributed by atoms with E-state index >= 15 is 0 Å². The van der Waals surface area contributed by atoms with Crippen molar-refractivity contribution in [3.05, 3.63) is 47.3 Å². The Morgan fingerprint density at radius 3 is 2.57 bits per heavy atom. The molecular formula is C16H16F2N2O3. The molecule has 0 atom stereocenters. The number of alkyl halides is 2. The number of carbonyl (C=O) groups is 2. The minimum absolute atomic E-state index is 0.105. The van der Waals surface area contributed by atoms with Crippen LogP contribution in [0, 0.1) is 0 Å². The van der Waals surface area contributed by atoms with Gasteiger partial charge in [0.2, 0.25) is 0 Å². The number of rotatable bonds is 7. The van der Waals surface area contributed by atoms with Gasteiger partial charge in [-0.2, -0.15) is 13.9 Å². The van der Waals surface area contributed by atoms with Gasteiger partial charge in [-0.05, 0) is 18.6 Å². The molecule has 122 valence electrons. The van der Waals surface area contributed by atoms with Crippen molar-refractivity contribution in [2.75, 3.05) is 7.11 Å². The van der Waals surface area contributed by atoms with E-state index in [2.05, 4.69) is 5.10 Å². The Balaban J connectivity index is 2.39. The van der Waals surface area contributed by atoms with Gasteiger partial charge < -0.3 is 4.74 Å². The van der Waals surface area contributed by atoms with Gasteiger partial charge in [0.05, 0.1) is 13.5 Å². The van der Waals surface area contributed by atoms with Crippen molar-refractivity contribution < 1.29 is 23.1 Å². The van der Waals surface area contributed by atoms with E-state index < -0.39 is 12.3 Å². The molecule has 2 aromatic rings. The van der Waals surface area contributed by atoms with Crippen LogP contribution in [0.4, 0.5) is 8.78 Å². The summed E-state index contributed by atoms with van der Waals surface area (Å²) in [4.78, 5) is 23.2. The second kappa shape index (κ2) is 7.13. The van der Waals surface area contributed by atoms with E-state index in [4.69, 9.17) is 4.74 Å². The second-order valence-electron chi connectivity index (χ2n) is 5.05. The Morgan fingerprint density at radius 2 is 1.96 bits per heavy atom. The summed E-state index contributed by atoms with van der Waals surface area (Å²) in [5.41, 5.74) is 0.966. The van der Waals surface area contributed by atoms with Crippen molar-refractivity contribution in [3.8, 4) is 5.75 Å². The van der Waals surface area contributed by atoms with E-state index in [1.807, 2.05) is 0 Å². The Kier molecular flexibility index (Phi) is 5.20. The largest absolute Gasteiger partial charge is 0.496 e. The summed E-state index contributed by atoms with van der Waals surface area (Å²) in [5, 5.41) is 3.64. The fourth-order valence-electron chi connectivity index (χ4n) is 2.26. The quantitative estimate of drug-likeness (QED) is 0.581. The molecule has 0 fully saturated rings. The first kappa shape index (κ1) is 16.8. The van der Waals surface area contributed by atoms with Crippen LogP contribution >= 0.6 is 0 Å². The van der Waals surface area contributed by atoms with E-state index in [0.29, 0.717) is 16.0 Å². The van der Waals surface area contributed by atoms with E-state index in [-0.39, 0.29) is 24.3 Å². The highest BCUT2D eigenvalue weighted by atomic mass is 19.3. The summed E-state index contributed by atoms with van der Waals surface area (Å²) in [7, 11) is 1.50. The van der Waals surface area contributed by atoms with Crippen LogP contribution in [0.25, 0.3) is 0 Å². The Hall–Kier alpha value is -2.57. The first-order chi connectivity index (χ1) is 10.9. The normalized spacial score (nSPS) is 10.8. The molecule has 0 unspecified atom stereocenters. The van der Waals surface area contributed by atoms with Crippen LogP contribution in [-0.4, -0.2) is 28.5 Å². The number of hydrogen-bond donors (Lipinski definition) is 0. The summed E-state index contributed by atoms with van der Waals surface area (Å²) >= 11 is 0. The highest BCUT2D eigenvalue weighted by Crippen LogP contribution is 2.24. The zero-order chi connectivity index (χ0) is 17.0. The van der Waals surface area contributed by atoms with Gasteiger partial charge in [-0.25, -0.2) is 4.68 Å². The van der Waals surface area contributed by atoms with Crippen LogP contribution in [0.1, 0.15) is 41.5 Å². The van der Waals surface area contributed by atoms with Crippen molar-refractivity contribution in [1.82, 2.24) is 9.78 Å². The van der Waals surface area contributed by atoms with Crippen LogP contribution in [0.15, 0.2) is 30.5 Å².